The summed E-state index contributed by atoms with van der Waals surface area (Å²) in [5.41, 5.74) is 0. The van der Waals surface area contributed by atoms with Gasteiger partial charge in [0.25, 0.3) is 0 Å². The summed E-state index contributed by atoms with van der Waals surface area (Å²) in [6.45, 7) is 0. The molecule has 1 unspecified atom stereocenters. The van der Waals surface area contributed by atoms with Crippen molar-refractivity contribution in [1.82, 2.24) is 0 Å². The van der Waals surface area contributed by atoms with E-state index in [0.29, 0.717) is 0 Å². The Morgan fingerprint density at radius 1 is 1.56 bits per heavy atom. The van der Waals surface area contributed by atoms with Gasteiger partial charge in [-0.15, -0.1) is 11.8 Å². The number of nitrogens with zero attached hydrogens (tertiary/aromatic N) is 1. The minimum atomic E-state index is -4.11. The van der Waals surface area contributed by atoms with E-state index in [4.69, 9.17) is 0 Å². The Balaban J connectivity index is 2.53. The van der Waals surface area contributed by atoms with Gasteiger partial charge < -0.3 is 0 Å². The van der Waals surface area contributed by atoms with Gasteiger partial charge in [0.05, 0.1) is 5.88 Å². The zero-order chi connectivity index (χ0) is 6.91. The Hall–Kier alpha value is -0.190. The van der Waals surface area contributed by atoms with Gasteiger partial charge in [-0.25, -0.2) is 0 Å². The van der Waals surface area contributed by atoms with Crippen molar-refractivity contribution >= 4 is 18.0 Å². The third-order valence-corrected chi connectivity index (χ3v) is 1.94. The molecule has 1 aliphatic rings. The zero-order valence-electron chi connectivity index (χ0n) is 4.35. The highest BCUT2D eigenvalue weighted by molar-refractivity contribution is 8.00. The highest BCUT2D eigenvalue weighted by Gasteiger charge is 2.40. The molecular weight excluding hydrogens is 151 g/mol. The van der Waals surface area contributed by atoms with Crippen LogP contribution in [0.3, 0.4) is 0 Å². The second-order valence-electron chi connectivity index (χ2n) is 1.59. The molecule has 1 atom stereocenters. The van der Waals surface area contributed by atoms with Crippen LogP contribution in [0.4, 0.5) is 13.2 Å². The second kappa shape index (κ2) is 2.21. The molecule has 0 fully saturated rings. The lowest BCUT2D eigenvalue weighted by molar-refractivity contribution is -0.115. The molecular formula is C4H4F3NS. The first-order valence-corrected chi connectivity index (χ1v) is 3.34. The van der Waals surface area contributed by atoms with Crippen molar-refractivity contribution in [3.05, 3.63) is 0 Å². The average molecular weight is 155 g/mol. The lowest BCUT2D eigenvalue weighted by Gasteiger charge is -2.08. The molecule has 0 aromatic heterocycles. The minimum Gasteiger partial charge on any atom is -0.285 e. The highest BCUT2D eigenvalue weighted by atomic mass is 32.2. The lowest BCUT2D eigenvalue weighted by Crippen LogP contribution is -2.24. The summed E-state index contributed by atoms with van der Waals surface area (Å²) >= 11 is 0.802. The van der Waals surface area contributed by atoms with E-state index in [1.54, 1.807) is 0 Å². The van der Waals surface area contributed by atoms with E-state index in [9.17, 15) is 13.2 Å². The van der Waals surface area contributed by atoms with Gasteiger partial charge in [-0.3, -0.25) is 4.99 Å². The van der Waals surface area contributed by atoms with Crippen molar-refractivity contribution in [1.29, 1.82) is 0 Å². The van der Waals surface area contributed by atoms with E-state index in [0.717, 1.165) is 18.0 Å². The third kappa shape index (κ3) is 1.61. The standard InChI is InChI=1S/C4H4F3NS/c5-4(6,7)3-1-8-2-9-3/h1,3H,2H2. The van der Waals surface area contributed by atoms with Crippen LogP contribution in [0.25, 0.3) is 0 Å². The Labute approximate surface area is 54.3 Å². The van der Waals surface area contributed by atoms with Gasteiger partial charge >= 0.3 is 6.18 Å². The van der Waals surface area contributed by atoms with Gasteiger partial charge in [-0.2, -0.15) is 13.2 Å². The van der Waals surface area contributed by atoms with E-state index in [1.807, 2.05) is 0 Å². The smallest absolute Gasteiger partial charge is 0.285 e. The molecule has 0 bridgehead atoms. The first-order chi connectivity index (χ1) is 4.11. The Morgan fingerprint density at radius 2 is 2.22 bits per heavy atom. The predicted octanol–water partition coefficient (Wildman–Crippen LogP) is 1.69. The van der Waals surface area contributed by atoms with Crippen molar-refractivity contribution in [2.75, 3.05) is 5.88 Å². The van der Waals surface area contributed by atoms with Crippen LogP contribution in [0.2, 0.25) is 0 Å². The van der Waals surface area contributed by atoms with Crippen LogP contribution < -0.4 is 0 Å². The summed E-state index contributed by atoms with van der Waals surface area (Å²) in [6, 6.07) is 0. The van der Waals surface area contributed by atoms with Crippen LogP contribution in [-0.2, 0) is 0 Å². The maximum absolute atomic E-state index is 11.6. The van der Waals surface area contributed by atoms with E-state index in [-0.39, 0.29) is 5.88 Å². The largest absolute Gasteiger partial charge is 0.405 e. The number of thioether (sulfide) groups is 1. The highest BCUT2D eigenvalue weighted by Crippen LogP contribution is 2.31. The summed E-state index contributed by atoms with van der Waals surface area (Å²) in [5, 5.41) is -1.36. The maximum atomic E-state index is 11.6. The molecule has 1 aliphatic heterocycles. The first-order valence-electron chi connectivity index (χ1n) is 2.29. The van der Waals surface area contributed by atoms with Crippen LogP contribution in [-0.4, -0.2) is 23.5 Å². The number of hydrogen-bond acceptors (Lipinski definition) is 2. The van der Waals surface area contributed by atoms with Gasteiger partial charge in [0.15, 0.2) is 0 Å². The molecule has 5 heteroatoms. The molecule has 0 saturated heterocycles. The van der Waals surface area contributed by atoms with Crippen LogP contribution in [0.15, 0.2) is 4.99 Å². The Morgan fingerprint density at radius 3 is 2.44 bits per heavy atom. The van der Waals surface area contributed by atoms with Crippen LogP contribution in [0.1, 0.15) is 0 Å². The Kier molecular flexibility index (Phi) is 1.70. The van der Waals surface area contributed by atoms with Crippen molar-refractivity contribution in [3.8, 4) is 0 Å². The first kappa shape index (κ1) is 6.92. The van der Waals surface area contributed by atoms with Gasteiger partial charge in [0.2, 0.25) is 0 Å². The molecule has 1 nitrogen and oxygen atoms in total. The van der Waals surface area contributed by atoms with Gasteiger partial charge in [-0.1, -0.05) is 0 Å². The predicted molar refractivity (Wildman–Crippen MR) is 30.8 cm³/mol. The SMILES string of the molecule is FC(F)(F)C1C=NCS1. The molecule has 0 saturated carbocycles. The summed E-state index contributed by atoms with van der Waals surface area (Å²) in [5.74, 6) is 0.240. The van der Waals surface area contributed by atoms with E-state index in [1.165, 1.54) is 0 Å². The fourth-order valence-corrected chi connectivity index (χ4v) is 1.18. The third-order valence-electron chi connectivity index (χ3n) is 0.892. The summed E-state index contributed by atoms with van der Waals surface area (Å²) in [7, 11) is 0. The van der Waals surface area contributed by atoms with Crippen molar-refractivity contribution in [3.63, 3.8) is 0 Å². The number of aliphatic imine (C=N–C) groups is 1. The molecule has 0 aromatic carbocycles. The van der Waals surface area contributed by atoms with Gasteiger partial charge in [0.1, 0.15) is 5.25 Å². The van der Waals surface area contributed by atoms with E-state index in [2.05, 4.69) is 4.99 Å². The molecule has 1 heterocycles. The van der Waals surface area contributed by atoms with Crippen molar-refractivity contribution in [2.24, 2.45) is 4.99 Å². The van der Waals surface area contributed by atoms with E-state index < -0.39 is 11.4 Å². The van der Waals surface area contributed by atoms with Crippen molar-refractivity contribution in [2.45, 2.75) is 11.4 Å². The summed E-state index contributed by atoms with van der Waals surface area (Å²) < 4.78 is 34.9. The zero-order valence-corrected chi connectivity index (χ0v) is 5.17. The summed E-state index contributed by atoms with van der Waals surface area (Å²) in [4.78, 5) is 3.45. The molecule has 1 rings (SSSR count). The average Bonchev–Trinajstić information content (AvgIpc) is 2.08. The number of rotatable bonds is 0. The van der Waals surface area contributed by atoms with E-state index >= 15 is 0 Å². The number of alkyl halides is 3. The molecule has 0 aliphatic carbocycles. The lowest BCUT2D eigenvalue weighted by atomic mass is 10.4. The monoisotopic (exact) mass is 155 g/mol. The Bertz CT molecular complexity index is 130. The molecule has 0 N–H and O–H groups in total. The summed E-state index contributed by atoms with van der Waals surface area (Å²) in [6.07, 6.45) is -3.16. The molecule has 52 valence electrons. The minimum absolute atomic E-state index is 0.240. The van der Waals surface area contributed by atoms with Crippen LogP contribution >= 0.6 is 11.8 Å². The van der Waals surface area contributed by atoms with Gasteiger partial charge in [0, 0.05) is 6.21 Å². The second-order valence-corrected chi connectivity index (χ2v) is 2.69. The molecule has 0 radical (unpaired) electrons. The van der Waals surface area contributed by atoms with Gasteiger partial charge in [-0.05, 0) is 0 Å². The fraction of sp³-hybridized carbons (Fsp3) is 0.750. The molecule has 9 heavy (non-hydrogen) atoms. The molecule has 0 spiro atoms. The van der Waals surface area contributed by atoms with Crippen molar-refractivity contribution < 1.29 is 13.2 Å². The molecule has 0 amide bonds. The normalized spacial score (nSPS) is 27.2. The number of halogens is 3. The van der Waals surface area contributed by atoms with Crippen LogP contribution in [0.5, 0.6) is 0 Å². The fourth-order valence-electron chi connectivity index (χ4n) is 0.484. The number of hydrogen-bond donors (Lipinski definition) is 0. The molecule has 0 aromatic rings. The quantitative estimate of drug-likeness (QED) is 0.518. The topological polar surface area (TPSA) is 12.4 Å². The van der Waals surface area contributed by atoms with Crippen LogP contribution in [0, 0.1) is 0 Å². The maximum Gasteiger partial charge on any atom is 0.405 e.